The van der Waals surface area contributed by atoms with E-state index < -0.39 is 0 Å². The van der Waals surface area contributed by atoms with Gasteiger partial charge in [-0.1, -0.05) is 11.6 Å². The van der Waals surface area contributed by atoms with Gasteiger partial charge in [-0.2, -0.15) is 5.26 Å². The van der Waals surface area contributed by atoms with Crippen molar-refractivity contribution in [1.29, 1.82) is 5.26 Å². The Hall–Kier alpha value is -2.07. The van der Waals surface area contributed by atoms with Crippen molar-refractivity contribution in [2.24, 2.45) is 5.41 Å². The van der Waals surface area contributed by atoms with Crippen LogP contribution in [0.5, 0.6) is 0 Å². The number of rotatable bonds is 3. The highest BCUT2D eigenvalue weighted by molar-refractivity contribution is 5.91. The van der Waals surface area contributed by atoms with E-state index in [9.17, 15) is 4.79 Å². The van der Waals surface area contributed by atoms with Crippen LogP contribution in [0.25, 0.3) is 0 Å². The third kappa shape index (κ3) is 2.99. The Balaban J connectivity index is 1.39. The molecule has 3 fully saturated rings. The molecule has 1 amide bonds. The van der Waals surface area contributed by atoms with Crippen molar-refractivity contribution in [1.82, 2.24) is 20.3 Å². The van der Waals surface area contributed by atoms with E-state index in [1.807, 2.05) is 17.2 Å². The van der Waals surface area contributed by atoms with E-state index in [-0.39, 0.29) is 23.4 Å². The zero-order valence-electron chi connectivity index (χ0n) is 14.7. The normalized spacial score (nSPS) is 32.4. The van der Waals surface area contributed by atoms with Crippen molar-refractivity contribution in [3.05, 3.63) is 17.5 Å². The van der Waals surface area contributed by atoms with Gasteiger partial charge in [0.1, 0.15) is 5.69 Å². The van der Waals surface area contributed by atoms with Gasteiger partial charge in [0.15, 0.2) is 6.19 Å². The van der Waals surface area contributed by atoms with Crippen molar-refractivity contribution < 1.29 is 9.32 Å². The van der Waals surface area contributed by atoms with Gasteiger partial charge in [-0.3, -0.25) is 9.69 Å². The number of hydrogen-bond donors (Lipinski definition) is 1. The number of piperidine rings is 1. The third-order valence-corrected chi connectivity index (χ3v) is 6.20. The molecule has 2 aliphatic heterocycles. The molecule has 7 nitrogen and oxygen atoms in total. The molecular formula is C18H25N5O2. The molecule has 0 radical (unpaired) electrons. The van der Waals surface area contributed by atoms with Gasteiger partial charge in [-0.15, -0.1) is 0 Å². The topological polar surface area (TPSA) is 85.4 Å². The van der Waals surface area contributed by atoms with Gasteiger partial charge in [0.25, 0.3) is 5.91 Å². The summed E-state index contributed by atoms with van der Waals surface area (Å²) in [5.41, 5.74) is 1.07. The first-order valence-corrected chi connectivity index (χ1v) is 9.21. The summed E-state index contributed by atoms with van der Waals surface area (Å²) >= 11 is 0. The molecule has 134 valence electrons. The van der Waals surface area contributed by atoms with Crippen LogP contribution in [0.2, 0.25) is 0 Å². The molecule has 1 atom stereocenters. The highest BCUT2D eigenvalue weighted by atomic mass is 16.5. The number of amides is 1. The molecule has 0 bridgehead atoms. The minimum absolute atomic E-state index is 0.0502. The van der Waals surface area contributed by atoms with Crippen LogP contribution in [-0.4, -0.2) is 53.6 Å². The molecule has 7 heteroatoms. The number of nitrogens with one attached hydrogen (secondary N) is 1. The smallest absolute Gasteiger partial charge is 0.292 e. The van der Waals surface area contributed by atoms with Gasteiger partial charge in [0.2, 0.25) is 5.76 Å². The summed E-state index contributed by atoms with van der Waals surface area (Å²) in [5, 5.41) is 15.7. The molecule has 1 unspecified atom stereocenters. The number of nitrogens with zero attached hydrogens (tertiary/aromatic N) is 4. The molecular weight excluding hydrogens is 318 g/mol. The number of nitriles is 1. The molecule has 1 N–H and O–H groups in total. The fraction of sp³-hybridized carbons (Fsp3) is 0.722. The molecule has 3 aliphatic rings. The Kier molecular flexibility index (Phi) is 4.16. The van der Waals surface area contributed by atoms with Crippen LogP contribution in [0.15, 0.2) is 10.6 Å². The lowest BCUT2D eigenvalue weighted by Gasteiger charge is -2.44. The van der Waals surface area contributed by atoms with Crippen molar-refractivity contribution in [3.8, 4) is 6.19 Å². The second-order valence-corrected chi connectivity index (χ2v) is 7.95. The SMILES string of the molecule is CN1CCCCC1c1cc(C(=O)N2CCC3(CC(NC#N)C3)C2)on1. The quantitative estimate of drug-likeness (QED) is 0.666. The summed E-state index contributed by atoms with van der Waals surface area (Å²) in [6.07, 6.45) is 8.44. The van der Waals surface area contributed by atoms with Crippen LogP contribution in [0.4, 0.5) is 0 Å². The predicted octanol–water partition coefficient (Wildman–Crippen LogP) is 1.90. The van der Waals surface area contributed by atoms with Crippen molar-refractivity contribution in [2.45, 2.75) is 50.6 Å². The second-order valence-electron chi connectivity index (χ2n) is 7.95. The Bertz CT molecular complexity index is 688. The molecule has 4 rings (SSSR count). The summed E-state index contributed by atoms with van der Waals surface area (Å²) in [6.45, 7) is 2.58. The molecule has 2 saturated heterocycles. The fourth-order valence-corrected chi connectivity index (χ4v) is 4.77. The van der Waals surface area contributed by atoms with Crippen LogP contribution >= 0.6 is 0 Å². The van der Waals surface area contributed by atoms with E-state index in [0.29, 0.717) is 5.76 Å². The van der Waals surface area contributed by atoms with Crippen molar-refractivity contribution in [2.75, 3.05) is 26.7 Å². The number of carbonyl (C=O) groups excluding carboxylic acids is 1. The average Bonchev–Trinajstić information content (AvgIpc) is 3.22. The maximum Gasteiger partial charge on any atom is 0.292 e. The molecule has 25 heavy (non-hydrogen) atoms. The number of likely N-dealkylation sites (tertiary alicyclic amines) is 2. The first kappa shape index (κ1) is 16.4. The largest absolute Gasteiger partial charge is 0.351 e. The average molecular weight is 343 g/mol. The zero-order chi connectivity index (χ0) is 17.4. The Labute approximate surface area is 147 Å². The highest BCUT2D eigenvalue weighted by Crippen LogP contribution is 2.48. The van der Waals surface area contributed by atoms with Crippen molar-refractivity contribution in [3.63, 3.8) is 0 Å². The zero-order valence-corrected chi connectivity index (χ0v) is 14.7. The molecule has 3 heterocycles. The summed E-state index contributed by atoms with van der Waals surface area (Å²) < 4.78 is 5.40. The standard InChI is InChI=1S/C18H25N5O2/c1-22-6-3-2-4-15(22)14-8-16(25-21-14)17(24)23-7-5-18(11-23)9-13(10-18)20-12-19/h8,13,15,20H,2-7,9-11H2,1H3. The van der Waals surface area contributed by atoms with Crippen LogP contribution in [0.3, 0.4) is 0 Å². The highest BCUT2D eigenvalue weighted by Gasteiger charge is 2.49. The summed E-state index contributed by atoms with van der Waals surface area (Å²) in [7, 11) is 2.10. The lowest BCUT2D eigenvalue weighted by Crippen LogP contribution is -2.49. The van der Waals surface area contributed by atoms with E-state index in [1.54, 1.807) is 0 Å². The van der Waals surface area contributed by atoms with E-state index in [4.69, 9.17) is 9.78 Å². The Morgan fingerprint density at radius 1 is 1.44 bits per heavy atom. The van der Waals surface area contributed by atoms with Gasteiger partial charge in [0.05, 0.1) is 6.04 Å². The first-order chi connectivity index (χ1) is 12.1. The van der Waals surface area contributed by atoms with Crippen LogP contribution in [-0.2, 0) is 0 Å². The number of aromatic nitrogens is 1. The maximum absolute atomic E-state index is 12.8. The van der Waals surface area contributed by atoms with Gasteiger partial charge < -0.3 is 14.7 Å². The maximum atomic E-state index is 12.8. The molecule has 0 aromatic carbocycles. The van der Waals surface area contributed by atoms with E-state index in [1.165, 1.54) is 12.8 Å². The number of hydrogen-bond acceptors (Lipinski definition) is 6. The molecule has 1 aromatic heterocycles. The van der Waals surface area contributed by atoms with Crippen LogP contribution < -0.4 is 5.32 Å². The fourth-order valence-electron chi connectivity index (χ4n) is 4.77. The third-order valence-electron chi connectivity index (χ3n) is 6.20. The monoisotopic (exact) mass is 343 g/mol. The van der Waals surface area contributed by atoms with Gasteiger partial charge in [0, 0.05) is 25.2 Å². The molecule has 1 aliphatic carbocycles. The minimum Gasteiger partial charge on any atom is -0.351 e. The lowest BCUT2D eigenvalue weighted by atomic mass is 9.65. The molecule has 1 saturated carbocycles. The van der Waals surface area contributed by atoms with Gasteiger partial charge >= 0.3 is 0 Å². The summed E-state index contributed by atoms with van der Waals surface area (Å²) in [6, 6.07) is 2.37. The second kappa shape index (κ2) is 6.34. The predicted molar refractivity (Wildman–Crippen MR) is 90.4 cm³/mol. The summed E-state index contributed by atoms with van der Waals surface area (Å²) in [5.74, 6) is 0.308. The minimum atomic E-state index is -0.0502. The Morgan fingerprint density at radius 3 is 3.04 bits per heavy atom. The van der Waals surface area contributed by atoms with Gasteiger partial charge in [-0.05, 0) is 51.1 Å². The van der Waals surface area contributed by atoms with Crippen LogP contribution in [0.1, 0.15) is 60.8 Å². The molecule has 1 spiro atoms. The molecule has 1 aromatic rings. The van der Waals surface area contributed by atoms with E-state index >= 15 is 0 Å². The van der Waals surface area contributed by atoms with E-state index in [2.05, 4.69) is 22.4 Å². The van der Waals surface area contributed by atoms with Gasteiger partial charge in [-0.25, -0.2) is 0 Å². The number of carbonyl (C=O) groups is 1. The Morgan fingerprint density at radius 2 is 2.28 bits per heavy atom. The first-order valence-electron chi connectivity index (χ1n) is 9.21. The van der Waals surface area contributed by atoms with Crippen LogP contribution in [0, 0.1) is 16.9 Å². The van der Waals surface area contributed by atoms with E-state index in [0.717, 1.165) is 51.0 Å². The summed E-state index contributed by atoms with van der Waals surface area (Å²) in [4.78, 5) is 16.9. The lowest BCUT2D eigenvalue weighted by molar-refractivity contribution is 0.0646. The van der Waals surface area contributed by atoms with Crippen molar-refractivity contribution >= 4 is 5.91 Å².